The first-order chi connectivity index (χ1) is 10.1. The number of hydrogen-bond acceptors (Lipinski definition) is 3. The average molecular weight is 294 g/mol. The number of amides is 1. The van der Waals surface area contributed by atoms with Gasteiger partial charge in [0, 0.05) is 18.6 Å². The van der Waals surface area contributed by atoms with Crippen molar-refractivity contribution in [2.75, 3.05) is 19.6 Å². The van der Waals surface area contributed by atoms with E-state index >= 15 is 0 Å². The summed E-state index contributed by atoms with van der Waals surface area (Å²) in [4.78, 5) is 27.6. The Morgan fingerprint density at radius 2 is 1.71 bits per heavy atom. The molecule has 0 aromatic rings. The average Bonchev–Trinajstić information content (AvgIpc) is 3.30. The van der Waals surface area contributed by atoms with Gasteiger partial charge in [-0.3, -0.25) is 14.5 Å². The molecule has 2 saturated carbocycles. The second-order valence-corrected chi connectivity index (χ2v) is 6.87. The molecular formula is C16H26N2O3. The Morgan fingerprint density at radius 3 is 2.43 bits per heavy atom. The SMILES string of the molecule is O=C(O)CN(CC(=O)N1CCCC2CCCCC21)C1CC1. The maximum Gasteiger partial charge on any atom is 0.317 e. The zero-order valence-corrected chi connectivity index (χ0v) is 12.7. The van der Waals surface area contributed by atoms with Crippen molar-refractivity contribution < 1.29 is 14.7 Å². The van der Waals surface area contributed by atoms with Crippen LogP contribution in [0.3, 0.4) is 0 Å². The summed E-state index contributed by atoms with van der Waals surface area (Å²) in [5.41, 5.74) is 0. The number of hydrogen-bond donors (Lipinski definition) is 1. The quantitative estimate of drug-likeness (QED) is 0.838. The molecule has 1 amide bonds. The molecule has 118 valence electrons. The normalized spacial score (nSPS) is 29.3. The van der Waals surface area contributed by atoms with Gasteiger partial charge in [-0.25, -0.2) is 0 Å². The molecule has 2 atom stereocenters. The molecular weight excluding hydrogens is 268 g/mol. The van der Waals surface area contributed by atoms with Crippen LogP contribution in [0.5, 0.6) is 0 Å². The highest BCUT2D eigenvalue weighted by molar-refractivity contribution is 5.79. The standard InChI is InChI=1S/C16H26N2O3/c19-15(10-17(11-16(20)21)13-7-8-13)18-9-3-5-12-4-1-2-6-14(12)18/h12-14H,1-11H2,(H,20,21). The van der Waals surface area contributed by atoms with Crippen molar-refractivity contribution >= 4 is 11.9 Å². The van der Waals surface area contributed by atoms with E-state index in [0.717, 1.165) is 32.2 Å². The zero-order valence-electron chi connectivity index (χ0n) is 12.7. The second kappa shape index (κ2) is 6.34. The fraction of sp³-hybridized carbons (Fsp3) is 0.875. The Hall–Kier alpha value is -1.10. The third-order valence-electron chi connectivity index (χ3n) is 5.30. The lowest BCUT2D eigenvalue weighted by molar-refractivity contribution is -0.142. The highest BCUT2D eigenvalue weighted by atomic mass is 16.4. The van der Waals surface area contributed by atoms with Gasteiger partial charge >= 0.3 is 5.97 Å². The van der Waals surface area contributed by atoms with Crippen LogP contribution in [0.2, 0.25) is 0 Å². The zero-order chi connectivity index (χ0) is 14.8. The molecule has 1 heterocycles. The first kappa shape index (κ1) is 14.8. The van der Waals surface area contributed by atoms with Crippen molar-refractivity contribution in [1.29, 1.82) is 0 Å². The molecule has 3 rings (SSSR count). The lowest BCUT2D eigenvalue weighted by Gasteiger charge is -2.44. The van der Waals surface area contributed by atoms with Crippen LogP contribution in [0.4, 0.5) is 0 Å². The van der Waals surface area contributed by atoms with Crippen LogP contribution in [0.15, 0.2) is 0 Å². The van der Waals surface area contributed by atoms with Gasteiger partial charge in [0.15, 0.2) is 0 Å². The van der Waals surface area contributed by atoms with E-state index < -0.39 is 5.97 Å². The molecule has 0 aromatic heterocycles. The van der Waals surface area contributed by atoms with Gasteiger partial charge < -0.3 is 10.0 Å². The Bertz CT molecular complexity index is 406. The van der Waals surface area contributed by atoms with E-state index in [2.05, 4.69) is 4.90 Å². The van der Waals surface area contributed by atoms with Gasteiger partial charge in [-0.1, -0.05) is 12.8 Å². The van der Waals surface area contributed by atoms with E-state index in [9.17, 15) is 9.59 Å². The number of likely N-dealkylation sites (tertiary alicyclic amines) is 1. The summed E-state index contributed by atoms with van der Waals surface area (Å²) in [6.45, 7) is 1.16. The van der Waals surface area contributed by atoms with Crippen LogP contribution < -0.4 is 0 Å². The van der Waals surface area contributed by atoms with Crippen molar-refractivity contribution in [3.8, 4) is 0 Å². The minimum atomic E-state index is -0.830. The van der Waals surface area contributed by atoms with Gasteiger partial charge in [0.05, 0.1) is 13.1 Å². The van der Waals surface area contributed by atoms with E-state index in [0.29, 0.717) is 24.5 Å². The topological polar surface area (TPSA) is 60.9 Å². The molecule has 1 aliphatic heterocycles. The highest BCUT2D eigenvalue weighted by Gasteiger charge is 2.38. The Labute approximate surface area is 126 Å². The number of carbonyl (C=O) groups excluding carboxylic acids is 1. The second-order valence-electron chi connectivity index (χ2n) is 6.87. The largest absolute Gasteiger partial charge is 0.480 e. The molecule has 21 heavy (non-hydrogen) atoms. The van der Waals surface area contributed by atoms with Gasteiger partial charge in [0.2, 0.25) is 5.91 Å². The first-order valence-electron chi connectivity index (χ1n) is 8.40. The predicted molar refractivity (Wildman–Crippen MR) is 78.9 cm³/mol. The monoisotopic (exact) mass is 294 g/mol. The molecule has 0 radical (unpaired) electrons. The predicted octanol–water partition coefficient (Wildman–Crippen LogP) is 1.72. The number of rotatable bonds is 5. The van der Waals surface area contributed by atoms with Crippen molar-refractivity contribution in [2.24, 2.45) is 5.92 Å². The Kier molecular flexibility index (Phi) is 4.48. The fourth-order valence-electron chi connectivity index (χ4n) is 4.13. The molecule has 0 bridgehead atoms. The summed E-state index contributed by atoms with van der Waals surface area (Å²) in [5.74, 6) is 0.00827. The number of fused-ring (bicyclic) bond motifs is 1. The first-order valence-corrected chi connectivity index (χ1v) is 8.40. The summed E-state index contributed by atoms with van der Waals surface area (Å²) < 4.78 is 0. The molecule has 1 saturated heterocycles. The number of aliphatic carboxylic acids is 1. The molecule has 5 nitrogen and oxygen atoms in total. The molecule has 5 heteroatoms. The summed E-state index contributed by atoms with van der Waals surface area (Å²) in [6, 6.07) is 0.739. The Morgan fingerprint density at radius 1 is 1.00 bits per heavy atom. The molecule has 1 N–H and O–H groups in total. The summed E-state index contributed by atoms with van der Waals surface area (Å²) in [6.07, 6.45) is 9.36. The third kappa shape index (κ3) is 3.57. The van der Waals surface area contributed by atoms with Crippen LogP contribution in [-0.2, 0) is 9.59 Å². The minimum absolute atomic E-state index is 0.00164. The van der Waals surface area contributed by atoms with Gasteiger partial charge in [-0.2, -0.15) is 0 Å². The van der Waals surface area contributed by atoms with Crippen LogP contribution >= 0.6 is 0 Å². The number of piperidine rings is 1. The lowest BCUT2D eigenvalue weighted by Crippen LogP contribution is -2.53. The number of carboxylic acids is 1. The summed E-state index contributed by atoms with van der Waals surface area (Å²) in [7, 11) is 0. The van der Waals surface area contributed by atoms with Crippen molar-refractivity contribution in [1.82, 2.24) is 9.80 Å². The van der Waals surface area contributed by atoms with Crippen LogP contribution in [0, 0.1) is 5.92 Å². The fourth-order valence-corrected chi connectivity index (χ4v) is 4.13. The molecule has 0 spiro atoms. The van der Waals surface area contributed by atoms with Crippen LogP contribution in [0.25, 0.3) is 0 Å². The number of nitrogens with zero attached hydrogens (tertiary/aromatic N) is 2. The number of carbonyl (C=O) groups is 2. The molecule has 2 aliphatic carbocycles. The maximum atomic E-state index is 12.7. The van der Waals surface area contributed by atoms with Crippen molar-refractivity contribution in [2.45, 2.75) is 63.5 Å². The van der Waals surface area contributed by atoms with Gasteiger partial charge in [0.25, 0.3) is 0 Å². The van der Waals surface area contributed by atoms with Crippen molar-refractivity contribution in [3.63, 3.8) is 0 Å². The molecule has 2 unspecified atom stereocenters. The van der Waals surface area contributed by atoms with Crippen molar-refractivity contribution in [3.05, 3.63) is 0 Å². The van der Waals surface area contributed by atoms with Crippen LogP contribution in [-0.4, -0.2) is 58.5 Å². The van der Waals surface area contributed by atoms with E-state index in [1.54, 1.807) is 0 Å². The van der Waals surface area contributed by atoms with E-state index in [1.807, 2.05) is 4.90 Å². The third-order valence-corrected chi connectivity index (χ3v) is 5.30. The van der Waals surface area contributed by atoms with E-state index in [1.165, 1.54) is 25.7 Å². The summed E-state index contributed by atoms with van der Waals surface area (Å²) in [5, 5.41) is 9.00. The Balaban J connectivity index is 1.61. The number of carboxylic acid groups (broad SMARTS) is 1. The smallest absolute Gasteiger partial charge is 0.317 e. The van der Waals surface area contributed by atoms with Gasteiger partial charge in [-0.05, 0) is 44.4 Å². The molecule has 0 aromatic carbocycles. The minimum Gasteiger partial charge on any atom is -0.480 e. The van der Waals surface area contributed by atoms with E-state index in [4.69, 9.17) is 5.11 Å². The van der Waals surface area contributed by atoms with Gasteiger partial charge in [-0.15, -0.1) is 0 Å². The molecule has 3 aliphatic rings. The van der Waals surface area contributed by atoms with Crippen LogP contribution in [0.1, 0.15) is 51.4 Å². The van der Waals surface area contributed by atoms with Gasteiger partial charge in [0.1, 0.15) is 0 Å². The highest BCUT2D eigenvalue weighted by Crippen LogP contribution is 2.35. The maximum absolute atomic E-state index is 12.7. The molecule has 3 fully saturated rings. The summed E-state index contributed by atoms with van der Waals surface area (Å²) >= 11 is 0. The van der Waals surface area contributed by atoms with E-state index in [-0.39, 0.29) is 12.5 Å². The lowest BCUT2D eigenvalue weighted by atomic mass is 9.78.